The number of carboxylic acids is 1. The Bertz CT molecular complexity index is 689. The Morgan fingerprint density at radius 1 is 1.38 bits per heavy atom. The van der Waals surface area contributed by atoms with E-state index in [0.717, 1.165) is 16.4 Å². The molecule has 0 aliphatic carbocycles. The Balaban J connectivity index is 2.37. The summed E-state index contributed by atoms with van der Waals surface area (Å²) in [5.41, 5.74) is -0.177. The monoisotopic (exact) mass is 332 g/mol. The molecule has 1 aromatic rings. The van der Waals surface area contributed by atoms with E-state index in [1.807, 2.05) is 0 Å². The van der Waals surface area contributed by atoms with Crippen LogP contribution in [0, 0.1) is 0 Å². The maximum absolute atomic E-state index is 12.5. The third kappa shape index (κ3) is 3.34. The molecule has 1 amide bonds. The van der Waals surface area contributed by atoms with Gasteiger partial charge in [-0.25, -0.2) is 13.2 Å². The average molecular weight is 333 g/mol. The van der Waals surface area contributed by atoms with E-state index in [-0.39, 0.29) is 34.5 Å². The summed E-state index contributed by atoms with van der Waals surface area (Å²) in [5.74, 6) is -1.61. The topological polar surface area (TPSA) is 104 Å². The Kier molecular flexibility index (Phi) is 4.50. The van der Waals surface area contributed by atoms with Crippen molar-refractivity contribution in [2.45, 2.75) is 11.3 Å². The van der Waals surface area contributed by atoms with Gasteiger partial charge in [-0.1, -0.05) is 11.6 Å². The molecule has 1 fully saturated rings. The van der Waals surface area contributed by atoms with Gasteiger partial charge in [0.05, 0.1) is 22.0 Å². The third-order valence-electron chi connectivity index (χ3n) is 3.04. The molecule has 1 saturated heterocycles. The van der Waals surface area contributed by atoms with Crippen molar-refractivity contribution in [3.63, 3.8) is 0 Å². The third-order valence-corrected chi connectivity index (χ3v) is 5.19. The number of sulfonamides is 1. The smallest absolute Gasteiger partial charge is 0.337 e. The normalized spacial score (nSPS) is 17.1. The molecule has 0 saturated carbocycles. The number of carboxylic acid groups (broad SMARTS) is 1. The Labute approximate surface area is 126 Å². The van der Waals surface area contributed by atoms with Crippen LogP contribution in [0.5, 0.6) is 0 Å². The van der Waals surface area contributed by atoms with Crippen LogP contribution in [0.3, 0.4) is 0 Å². The standard InChI is InChI=1S/C12H13ClN2O5S/c13-10-6-8(2-3-9(10)12(17)18)21(19,20)15-5-1-4-14-11(16)7-15/h2-3,6H,1,4-5,7H2,(H,14,16)(H,17,18). The Morgan fingerprint density at radius 2 is 2.10 bits per heavy atom. The molecular weight excluding hydrogens is 320 g/mol. The van der Waals surface area contributed by atoms with Crippen LogP contribution in [0.25, 0.3) is 0 Å². The first-order valence-electron chi connectivity index (χ1n) is 6.12. The Morgan fingerprint density at radius 3 is 2.71 bits per heavy atom. The fraction of sp³-hybridized carbons (Fsp3) is 0.333. The first kappa shape index (κ1) is 15.7. The minimum Gasteiger partial charge on any atom is -0.478 e. The fourth-order valence-electron chi connectivity index (χ4n) is 1.96. The van der Waals surface area contributed by atoms with Crippen LogP contribution in [-0.2, 0) is 14.8 Å². The predicted molar refractivity (Wildman–Crippen MR) is 74.8 cm³/mol. The van der Waals surface area contributed by atoms with Gasteiger partial charge in [0.2, 0.25) is 15.9 Å². The lowest BCUT2D eigenvalue weighted by Gasteiger charge is -2.19. The molecule has 1 aliphatic rings. The van der Waals surface area contributed by atoms with Crippen LogP contribution < -0.4 is 5.32 Å². The van der Waals surface area contributed by atoms with Crippen LogP contribution in [-0.4, -0.2) is 49.3 Å². The van der Waals surface area contributed by atoms with Gasteiger partial charge in [-0.15, -0.1) is 0 Å². The first-order chi connectivity index (χ1) is 9.82. The summed E-state index contributed by atoms with van der Waals surface area (Å²) in [7, 11) is -3.89. The second kappa shape index (κ2) is 6.00. The van der Waals surface area contributed by atoms with E-state index < -0.39 is 16.0 Å². The summed E-state index contributed by atoms with van der Waals surface area (Å²) in [6.45, 7) is 0.365. The summed E-state index contributed by atoms with van der Waals surface area (Å²) in [4.78, 5) is 22.2. The second-order valence-electron chi connectivity index (χ2n) is 4.49. The van der Waals surface area contributed by atoms with Gasteiger partial charge in [0, 0.05) is 13.1 Å². The molecule has 1 heterocycles. The van der Waals surface area contributed by atoms with Crippen molar-refractivity contribution in [3.8, 4) is 0 Å². The van der Waals surface area contributed by atoms with Gasteiger partial charge < -0.3 is 10.4 Å². The number of hydrogen-bond acceptors (Lipinski definition) is 4. The van der Waals surface area contributed by atoms with Gasteiger partial charge in [-0.05, 0) is 24.6 Å². The van der Waals surface area contributed by atoms with Crippen LogP contribution in [0.15, 0.2) is 23.1 Å². The molecule has 0 radical (unpaired) electrons. The molecule has 2 rings (SSSR count). The Hall–Kier alpha value is -1.64. The lowest BCUT2D eigenvalue weighted by molar-refractivity contribution is -0.120. The van der Waals surface area contributed by atoms with Crippen LogP contribution in [0.1, 0.15) is 16.8 Å². The van der Waals surface area contributed by atoms with Gasteiger partial charge in [0.15, 0.2) is 0 Å². The van der Waals surface area contributed by atoms with Crippen molar-refractivity contribution in [1.29, 1.82) is 0 Å². The summed E-state index contributed by atoms with van der Waals surface area (Å²) >= 11 is 5.79. The van der Waals surface area contributed by atoms with E-state index in [4.69, 9.17) is 16.7 Å². The zero-order chi connectivity index (χ0) is 15.6. The molecule has 0 aromatic heterocycles. The van der Waals surface area contributed by atoms with Gasteiger partial charge in [0.25, 0.3) is 0 Å². The number of carbonyl (C=O) groups is 2. The summed E-state index contributed by atoms with van der Waals surface area (Å²) < 4.78 is 26.0. The predicted octanol–water partition coefficient (Wildman–Crippen LogP) is 0.549. The number of carbonyl (C=O) groups excluding carboxylic acids is 1. The highest BCUT2D eigenvalue weighted by molar-refractivity contribution is 7.89. The highest BCUT2D eigenvalue weighted by atomic mass is 35.5. The molecule has 2 N–H and O–H groups in total. The van der Waals surface area contributed by atoms with E-state index in [1.165, 1.54) is 6.07 Å². The molecule has 7 nitrogen and oxygen atoms in total. The number of benzene rings is 1. The zero-order valence-electron chi connectivity index (χ0n) is 10.9. The zero-order valence-corrected chi connectivity index (χ0v) is 12.4. The lowest BCUT2D eigenvalue weighted by Crippen LogP contribution is -2.37. The minimum absolute atomic E-state index is 0.132. The molecule has 0 bridgehead atoms. The van der Waals surface area contributed by atoms with E-state index >= 15 is 0 Å². The van der Waals surface area contributed by atoms with Gasteiger partial charge in [-0.2, -0.15) is 4.31 Å². The summed E-state index contributed by atoms with van der Waals surface area (Å²) in [6.07, 6.45) is 0.506. The van der Waals surface area contributed by atoms with Crippen LogP contribution >= 0.6 is 11.6 Å². The number of nitrogens with zero attached hydrogens (tertiary/aromatic N) is 1. The molecule has 114 valence electrons. The van der Waals surface area contributed by atoms with E-state index in [9.17, 15) is 18.0 Å². The summed E-state index contributed by atoms with van der Waals surface area (Å²) in [6, 6.07) is 3.39. The van der Waals surface area contributed by atoms with E-state index in [2.05, 4.69) is 5.32 Å². The molecular formula is C12H13ClN2O5S. The van der Waals surface area contributed by atoms with Gasteiger partial charge >= 0.3 is 5.97 Å². The van der Waals surface area contributed by atoms with Crippen molar-refractivity contribution >= 4 is 33.5 Å². The maximum atomic E-state index is 12.5. The quantitative estimate of drug-likeness (QED) is 0.841. The molecule has 9 heteroatoms. The number of nitrogens with one attached hydrogen (secondary N) is 1. The average Bonchev–Trinajstić information content (AvgIpc) is 2.63. The number of hydrogen-bond donors (Lipinski definition) is 2. The molecule has 0 unspecified atom stereocenters. The maximum Gasteiger partial charge on any atom is 0.337 e. The number of halogens is 1. The molecule has 1 aliphatic heterocycles. The highest BCUT2D eigenvalue weighted by Crippen LogP contribution is 2.23. The van der Waals surface area contributed by atoms with Crippen molar-refractivity contribution in [3.05, 3.63) is 28.8 Å². The summed E-state index contributed by atoms with van der Waals surface area (Å²) in [5, 5.41) is 11.3. The lowest BCUT2D eigenvalue weighted by atomic mass is 10.2. The van der Waals surface area contributed by atoms with Crippen LogP contribution in [0.2, 0.25) is 5.02 Å². The van der Waals surface area contributed by atoms with Crippen LogP contribution in [0.4, 0.5) is 0 Å². The number of aromatic carboxylic acids is 1. The van der Waals surface area contributed by atoms with Gasteiger partial charge in [-0.3, -0.25) is 4.79 Å². The second-order valence-corrected chi connectivity index (χ2v) is 6.83. The largest absolute Gasteiger partial charge is 0.478 e. The number of rotatable bonds is 3. The van der Waals surface area contributed by atoms with Crippen molar-refractivity contribution in [2.24, 2.45) is 0 Å². The van der Waals surface area contributed by atoms with E-state index in [1.54, 1.807) is 0 Å². The van der Waals surface area contributed by atoms with Crippen molar-refractivity contribution in [1.82, 2.24) is 9.62 Å². The molecule has 0 atom stereocenters. The highest BCUT2D eigenvalue weighted by Gasteiger charge is 2.28. The van der Waals surface area contributed by atoms with Crippen molar-refractivity contribution < 1.29 is 23.1 Å². The fourth-order valence-corrected chi connectivity index (χ4v) is 3.75. The first-order valence-corrected chi connectivity index (χ1v) is 7.94. The minimum atomic E-state index is -3.89. The van der Waals surface area contributed by atoms with E-state index in [0.29, 0.717) is 13.0 Å². The molecule has 0 spiro atoms. The van der Waals surface area contributed by atoms with Gasteiger partial charge in [0.1, 0.15) is 0 Å². The molecule has 1 aromatic carbocycles. The number of amides is 1. The van der Waals surface area contributed by atoms with Crippen molar-refractivity contribution in [2.75, 3.05) is 19.6 Å². The molecule has 21 heavy (non-hydrogen) atoms. The SMILES string of the molecule is O=C1CN(S(=O)(=O)c2ccc(C(=O)O)c(Cl)c2)CCCN1.